The summed E-state index contributed by atoms with van der Waals surface area (Å²) < 4.78 is 0. The molecule has 0 aliphatic heterocycles. The zero-order chi connectivity index (χ0) is 15.6. The van der Waals surface area contributed by atoms with E-state index in [2.05, 4.69) is 22.8 Å². The van der Waals surface area contributed by atoms with Gasteiger partial charge in [-0.2, -0.15) is 0 Å². The second kappa shape index (κ2) is 6.41. The second-order valence-electron chi connectivity index (χ2n) is 6.66. The summed E-state index contributed by atoms with van der Waals surface area (Å²) in [5.74, 6) is -1.72. The zero-order valence-electron chi connectivity index (χ0n) is 12.7. The van der Waals surface area contributed by atoms with Gasteiger partial charge in [0, 0.05) is 16.8 Å². The summed E-state index contributed by atoms with van der Waals surface area (Å²) in [4.78, 5) is 24.8. The minimum atomic E-state index is -0.836. The number of aliphatic carboxylic acids is 1. The molecule has 0 saturated heterocycles. The van der Waals surface area contributed by atoms with Crippen molar-refractivity contribution in [1.82, 2.24) is 5.32 Å². The zero-order valence-corrected chi connectivity index (χ0v) is 13.5. The summed E-state index contributed by atoms with van der Waals surface area (Å²) >= 11 is 1.77. The lowest BCUT2D eigenvalue weighted by Crippen LogP contribution is -2.48. The molecule has 5 heteroatoms. The maximum atomic E-state index is 12.3. The van der Waals surface area contributed by atoms with Gasteiger partial charge >= 0.3 is 5.97 Å². The molecule has 0 radical (unpaired) electrons. The Morgan fingerprint density at radius 3 is 2.50 bits per heavy atom. The van der Waals surface area contributed by atoms with Crippen molar-refractivity contribution >= 4 is 23.2 Å². The highest BCUT2D eigenvalue weighted by molar-refractivity contribution is 7.10. The highest BCUT2D eigenvalue weighted by Gasteiger charge is 2.42. The highest BCUT2D eigenvalue weighted by Crippen LogP contribution is 2.41. The van der Waals surface area contributed by atoms with Crippen LogP contribution < -0.4 is 5.32 Å². The fourth-order valence-corrected chi connectivity index (χ4v) is 4.80. The van der Waals surface area contributed by atoms with Crippen LogP contribution in [0.2, 0.25) is 0 Å². The molecule has 2 aliphatic carbocycles. The third-order valence-electron chi connectivity index (χ3n) is 5.38. The Hall–Kier alpha value is -1.36. The number of thiophene rings is 1. The fraction of sp³-hybridized carbons (Fsp3) is 0.647. The van der Waals surface area contributed by atoms with Crippen LogP contribution in [-0.2, 0) is 15.0 Å². The SMILES string of the molecule is O=C(O)C1CCC1C(=O)NCC1(c2cccs2)CCCCC1. The molecule has 1 aromatic heterocycles. The maximum absolute atomic E-state index is 12.3. The molecule has 2 aliphatic rings. The van der Waals surface area contributed by atoms with Crippen LogP contribution in [-0.4, -0.2) is 23.5 Å². The third-order valence-corrected chi connectivity index (χ3v) is 6.50. The van der Waals surface area contributed by atoms with Crippen molar-refractivity contribution in [2.75, 3.05) is 6.54 Å². The number of carboxylic acids is 1. The van der Waals surface area contributed by atoms with Gasteiger partial charge in [0.2, 0.25) is 5.91 Å². The standard InChI is InChI=1S/C17H23NO3S/c19-15(12-6-7-13(12)16(20)21)18-11-17(8-2-1-3-9-17)14-5-4-10-22-14/h4-5,10,12-13H,1-3,6-9,11H2,(H,18,19)(H,20,21). The molecule has 120 valence electrons. The van der Waals surface area contributed by atoms with Gasteiger partial charge in [0.05, 0.1) is 11.8 Å². The number of carboxylic acid groups (broad SMARTS) is 1. The smallest absolute Gasteiger partial charge is 0.307 e. The van der Waals surface area contributed by atoms with Crippen LogP contribution in [0.15, 0.2) is 17.5 Å². The molecule has 2 unspecified atom stereocenters. The molecule has 2 fully saturated rings. The Bertz CT molecular complexity index is 534. The molecule has 2 atom stereocenters. The van der Waals surface area contributed by atoms with Crippen molar-refractivity contribution < 1.29 is 14.7 Å². The lowest BCUT2D eigenvalue weighted by molar-refractivity contribution is -0.152. The Labute approximate surface area is 134 Å². The molecule has 0 bridgehead atoms. The quantitative estimate of drug-likeness (QED) is 0.875. The van der Waals surface area contributed by atoms with Crippen LogP contribution in [0, 0.1) is 11.8 Å². The summed E-state index contributed by atoms with van der Waals surface area (Å²) in [5.41, 5.74) is 0.0601. The van der Waals surface area contributed by atoms with Crippen molar-refractivity contribution in [1.29, 1.82) is 0 Å². The Morgan fingerprint density at radius 1 is 1.23 bits per heavy atom. The van der Waals surface area contributed by atoms with E-state index in [4.69, 9.17) is 5.11 Å². The van der Waals surface area contributed by atoms with E-state index in [0.717, 1.165) is 12.8 Å². The molecule has 1 amide bonds. The van der Waals surface area contributed by atoms with Crippen molar-refractivity contribution in [3.8, 4) is 0 Å². The van der Waals surface area contributed by atoms with Crippen LogP contribution in [0.5, 0.6) is 0 Å². The molecule has 3 rings (SSSR count). The molecule has 1 heterocycles. The molecule has 0 aromatic carbocycles. The number of carbonyl (C=O) groups is 2. The molecule has 2 saturated carbocycles. The van der Waals surface area contributed by atoms with Crippen LogP contribution >= 0.6 is 11.3 Å². The van der Waals surface area contributed by atoms with Gasteiger partial charge in [-0.1, -0.05) is 25.3 Å². The normalized spacial score (nSPS) is 26.9. The third kappa shape index (κ3) is 2.91. The van der Waals surface area contributed by atoms with E-state index >= 15 is 0 Å². The number of hydrogen-bond donors (Lipinski definition) is 2. The summed E-state index contributed by atoms with van der Waals surface area (Å²) in [7, 11) is 0. The molecular weight excluding hydrogens is 298 g/mol. The molecule has 4 nitrogen and oxygen atoms in total. The Balaban J connectivity index is 1.65. The van der Waals surface area contributed by atoms with Gasteiger partial charge < -0.3 is 10.4 Å². The van der Waals surface area contributed by atoms with E-state index < -0.39 is 11.9 Å². The average molecular weight is 321 g/mol. The van der Waals surface area contributed by atoms with Gasteiger partial charge in [0.15, 0.2) is 0 Å². The minimum absolute atomic E-state index is 0.0601. The molecule has 0 spiro atoms. The monoisotopic (exact) mass is 321 g/mol. The molecule has 2 N–H and O–H groups in total. The Kier molecular flexibility index (Phi) is 4.52. The lowest BCUT2D eigenvalue weighted by Gasteiger charge is -2.38. The predicted octanol–water partition coefficient (Wildman–Crippen LogP) is 3.18. The van der Waals surface area contributed by atoms with Crippen LogP contribution in [0.3, 0.4) is 0 Å². The van der Waals surface area contributed by atoms with E-state index in [1.165, 1.54) is 24.1 Å². The van der Waals surface area contributed by atoms with E-state index in [9.17, 15) is 9.59 Å². The first kappa shape index (κ1) is 15.5. The minimum Gasteiger partial charge on any atom is -0.481 e. The van der Waals surface area contributed by atoms with Gasteiger partial charge in [-0.05, 0) is 37.1 Å². The maximum Gasteiger partial charge on any atom is 0.307 e. The van der Waals surface area contributed by atoms with Gasteiger partial charge in [-0.25, -0.2) is 0 Å². The second-order valence-corrected chi connectivity index (χ2v) is 7.61. The van der Waals surface area contributed by atoms with E-state index in [1.807, 2.05) is 0 Å². The molecule has 22 heavy (non-hydrogen) atoms. The highest BCUT2D eigenvalue weighted by atomic mass is 32.1. The summed E-state index contributed by atoms with van der Waals surface area (Å²) in [6, 6.07) is 4.25. The number of carbonyl (C=O) groups excluding carboxylic acids is 1. The number of nitrogens with one attached hydrogen (secondary N) is 1. The molecular formula is C17H23NO3S. The fourth-order valence-electron chi connectivity index (χ4n) is 3.82. The van der Waals surface area contributed by atoms with Crippen LogP contribution in [0.1, 0.15) is 49.8 Å². The first-order valence-electron chi connectivity index (χ1n) is 8.17. The topological polar surface area (TPSA) is 66.4 Å². The summed E-state index contributed by atoms with van der Waals surface area (Å²) in [5, 5.41) is 14.3. The number of amides is 1. The molecule has 1 aromatic rings. The average Bonchev–Trinajstić information content (AvgIpc) is 2.99. The van der Waals surface area contributed by atoms with Crippen molar-refractivity contribution in [3.05, 3.63) is 22.4 Å². The Morgan fingerprint density at radius 2 is 1.95 bits per heavy atom. The first-order valence-corrected chi connectivity index (χ1v) is 9.05. The van der Waals surface area contributed by atoms with Crippen LogP contribution in [0.4, 0.5) is 0 Å². The van der Waals surface area contributed by atoms with Crippen molar-refractivity contribution in [3.63, 3.8) is 0 Å². The van der Waals surface area contributed by atoms with Crippen molar-refractivity contribution in [2.24, 2.45) is 11.8 Å². The van der Waals surface area contributed by atoms with Gasteiger partial charge in [0.1, 0.15) is 0 Å². The first-order chi connectivity index (χ1) is 10.6. The number of hydrogen-bond acceptors (Lipinski definition) is 3. The summed E-state index contributed by atoms with van der Waals surface area (Å²) in [6.45, 7) is 0.648. The predicted molar refractivity (Wildman–Crippen MR) is 85.9 cm³/mol. The van der Waals surface area contributed by atoms with Crippen molar-refractivity contribution in [2.45, 2.75) is 50.4 Å². The largest absolute Gasteiger partial charge is 0.481 e. The number of rotatable bonds is 5. The van der Waals surface area contributed by atoms with Crippen LogP contribution in [0.25, 0.3) is 0 Å². The van der Waals surface area contributed by atoms with E-state index in [1.54, 1.807) is 11.3 Å². The van der Waals surface area contributed by atoms with E-state index in [-0.39, 0.29) is 17.2 Å². The van der Waals surface area contributed by atoms with Gasteiger partial charge in [-0.3, -0.25) is 9.59 Å². The van der Waals surface area contributed by atoms with Gasteiger partial charge in [0.25, 0.3) is 0 Å². The van der Waals surface area contributed by atoms with E-state index in [0.29, 0.717) is 19.4 Å². The summed E-state index contributed by atoms with van der Waals surface area (Å²) in [6.07, 6.45) is 7.23. The van der Waals surface area contributed by atoms with Gasteiger partial charge in [-0.15, -0.1) is 11.3 Å². The lowest BCUT2D eigenvalue weighted by atomic mass is 9.71.